The van der Waals surface area contributed by atoms with Gasteiger partial charge in [-0.15, -0.1) is 22.7 Å². The first-order valence-electron chi connectivity index (χ1n) is 8.95. The molecule has 0 aromatic carbocycles. The predicted octanol–water partition coefficient (Wildman–Crippen LogP) is 5.33. The predicted molar refractivity (Wildman–Crippen MR) is 108 cm³/mol. The van der Waals surface area contributed by atoms with E-state index in [2.05, 4.69) is 21.8 Å². The molecule has 0 bridgehead atoms. The zero-order valence-electron chi connectivity index (χ0n) is 15.1. The average molecular weight is 407 g/mol. The van der Waals surface area contributed by atoms with Gasteiger partial charge in [0.05, 0.1) is 0 Å². The summed E-state index contributed by atoms with van der Waals surface area (Å²) in [6.45, 7) is 2.03. The van der Waals surface area contributed by atoms with Gasteiger partial charge in [0.1, 0.15) is 10.0 Å². The van der Waals surface area contributed by atoms with Gasteiger partial charge in [-0.3, -0.25) is 4.79 Å². The van der Waals surface area contributed by atoms with Gasteiger partial charge in [0.25, 0.3) is 5.91 Å². The van der Waals surface area contributed by atoms with Crippen molar-refractivity contribution in [1.29, 1.82) is 0 Å². The van der Waals surface area contributed by atoms with Gasteiger partial charge in [-0.1, -0.05) is 6.08 Å². The fourth-order valence-electron chi connectivity index (χ4n) is 3.42. The highest BCUT2D eigenvalue weighted by atomic mass is 32.1. The molecule has 2 aliphatic rings. The van der Waals surface area contributed by atoms with Gasteiger partial charge in [0.2, 0.25) is 0 Å². The van der Waals surface area contributed by atoms with Crippen LogP contribution in [0.2, 0.25) is 0 Å². The van der Waals surface area contributed by atoms with E-state index in [-0.39, 0.29) is 5.91 Å². The maximum Gasteiger partial charge on any atom is 0.503 e. The Morgan fingerprint density at radius 3 is 2.56 bits per heavy atom. The summed E-state index contributed by atoms with van der Waals surface area (Å²) in [7, 11) is 0. The van der Waals surface area contributed by atoms with Crippen LogP contribution in [0.4, 0.5) is 9.80 Å². The van der Waals surface area contributed by atoms with Gasteiger partial charge < -0.3 is 15.5 Å². The van der Waals surface area contributed by atoms with Crippen molar-refractivity contribution < 1.29 is 19.8 Å². The highest BCUT2D eigenvalue weighted by molar-refractivity contribution is 7.18. The Bertz CT molecular complexity index is 878. The van der Waals surface area contributed by atoms with Crippen molar-refractivity contribution in [3.8, 4) is 10.6 Å². The number of aryl methyl sites for hydroxylation is 2. The second kappa shape index (κ2) is 8.67. The van der Waals surface area contributed by atoms with Crippen molar-refractivity contribution in [2.75, 3.05) is 5.32 Å². The maximum atomic E-state index is 12.6. The first-order valence-corrected chi connectivity index (χ1v) is 10.6. The molecule has 0 radical (unpaired) electrons. The van der Waals surface area contributed by atoms with E-state index in [0.717, 1.165) is 53.4 Å². The van der Waals surface area contributed by atoms with Crippen LogP contribution in [0.15, 0.2) is 17.0 Å². The Morgan fingerprint density at radius 1 is 1.15 bits per heavy atom. The van der Waals surface area contributed by atoms with E-state index in [1.54, 1.807) is 22.7 Å². The van der Waals surface area contributed by atoms with Crippen LogP contribution < -0.4 is 5.32 Å². The first kappa shape index (κ1) is 19.6. The van der Waals surface area contributed by atoms with Crippen LogP contribution >= 0.6 is 22.7 Å². The molecule has 0 saturated carbocycles. The van der Waals surface area contributed by atoms with Crippen LogP contribution in [-0.4, -0.2) is 27.3 Å². The number of thiazole rings is 1. The lowest BCUT2D eigenvalue weighted by atomic mass is 9.99. The van der Waals surface area contributed by atoms with Crippen molar-refractivity contribution in [3.63, 3.8) is 0 Å². The number of carbonyl (C=O) groups is 2. The second-order valence-corrected chi connectivity index (χ2v) is 8.53. The number of allylic oxidation sites excluding steroid dienone is 1. The second-order valence-electron chi connectivity index (χ2n) is 6.57. The first-order chi connectivity index (χ1) is 13.0. The Morgan fingerprint density at radius 2 is 1.93 bits per heavy atom. The van der Waals surface area contributed by atoms with E-state index in [1.165, 1.54) is 28.8 Å². The number of hydrogen-bond donors (Lipinski definition) is 3. The molecule has 4 rings (SSSR count). The minimum Gasteiger partial charge on any atom is -0.450 e. The van der Waals surface area contributed by atoms with Gasteiger partial charge in [-0.2, -0.15) is 0 Å². The highest BCUT2D eigenvalue weighted by Crippen LogP contribution is 2.46. The number of nitrogens with one attached hydrogen (secondary N) is 1. The number of nitrogens with zero attached hydrogens (tertiary/aromatic N) is 1. The molecular formula is C19H22N2O4S2. The summed E-state index contributed by atoms with van der Waals surface area (Å²) in [6.07, 6.45) is 8.00. The lowest BCUT2D eigenvalue weighted by molar-refractivity contribution is -0.113. The molecule has 3 N–H and O–H groups in total. The molecule has 1 amide bonds. The lowest BCUT2D eigenvalue weighted by Crippen LogP contribution is -2.15. The normalized spacial score (nSPS) is 15.4. The van der Waals surface area contributed by atoms with Crippen LogP contribution in [0.5, 0.6) is 0 Å². The summed E-state index contributed by atoms with van der Waals surface area (Å²) in [6, 6.07) is 0. The Hall–Kier alpha value is -2.19. The number of aromatic nitrogens is 1. The molecule has 0 unspecified atom stereocenters. The Labute approximate surface area is 165 Å². The number of anilines is 1. The summed E-state index contributed by atoms with van der Waals surface area (Å²) in [5.41, 5.74) is 4.60. The number of hydrogen-bond acceptors (Lipinski definition) is 5. The summed E-state index contributed by atoms with van der Waals surface area (Å²) < 4.78 is 0. The molecule has 144 valence electrons. The Balaban J connectivity index is 0.000000481. The Kier molecular flexibility index (Phi) is 6.28. The van der Waals surface area contributed by atoms with E-state index < -0.39 is 6.16 Å². The molecule has 0 fully saturated rings. The third-order valence-corrected chi connectivity index (χ3v) is 6.75. The van der Waals surface area contributed by atoms with E-state index in [1.807, 2.05) is 6.92 Å². The zero-order valence-corrected chi connectivity index (χ0v) is 16.7. The van der Waals surface area contributed by atoms with E-state index in [9.17, 15) is 4.79 Å². The summed E-state index contributed by atoms with van der Waals surface area (Å²) >= 11 is 3.43. The van der Waals surface area contributed by atoms with Gasteiger partial charge >= 0.3 is 6.16 Å². The molecule has 0 atom stereocenters. The summed E-state index contributed by atoms with van der Waals surface area (Å²) in [5.74, 6) is 0.0825. The molecule has 0 aliphatic heterocycles. The smallest absolute Gasteiger partial charge is 0.450 e. The van der Waals surface area contributed by atoms with Crippen molar-refractivity contribution in [3.05, 3.63) is 33.2 Å². The topological polar surface area (TPSA) is 99.5 Å². The molecule has 8 heteroatoms. The standard InChI is InChI=1S/C18H20N2OS2.CH2O3/c1-11-10-22-17(19-11)15-13-8-5-9-14(13)23-18(15)20-16(21)12-6-3-2-4-7-12;2-1(3)4/h6,10H,2-5,7-9H2,1H3,(H,20,21);(H2,2,3,4). The lowest BCUT2D eigenvalue weighted by Gasteiger charge is -2.13. The third kappa shape index (κ3) is 4.75. The monoisotopic (exact) mass is 406 g/mol. The van der Waals surface area contributed by atoms with E-state index in [0.29, 0.717) is 0 Å². The molecule has 0 saturated heterocycles. The van der Waals surface area contributed by atoms with Crippen LogP contribution in [0.3, 0.4) is 0 Å². The number of carbonyl (C=O) groups excluding carboxylic acids is 1. The van der Waals surface area contributed by atoms with Crippen LogP contribution in [0.25, 0.3) is 10.6 Å². The number of thiophene rings is 1. The van der Waals surface area contributed by atoms with Crippen molar-refractivity contribution in [2.45, 2.75) is 51.9 Å². The molecule has 2 aromatic heterocycles. The van der Waals surface area contributed by atoms with Crippen LogP contribution in [-0.2, 0) is 17.6 Å². The van der Waals surface area contributed by atoms with Crippen molar-refractivity contribution in [1.82, 2.24) is 4.98 Å². The van der Waals surface area contributed by atoms with Crippen LogP contribution in [0, 0.1) is 6.92 Å². The third-order valence-electron chi connectivity index (χ3n) is 4.56. The SMILES string of the molecule is Cc1csc(-c2c(NC(=O)C3=CCCCC3)sc3c2CCC3)n1.O=C(O)O. The number of carboxylic acid groups (broad SMARTS) is 2. The minimum atomic E-state index is -1.83. The van der Waals surface area contributed by atoms with Gasteiger partial charge in [-0.25, -0.2) is 9.78 Å². The van der Waals surface area contributed by atoms with Crippen molar-refractivity contribution >= 4 is 39.7 Å². The van der Waals surface area contributed by atoms with Gasteiger partial charge in [0.15, 0.2) is 0 Å². The average Bonchev–Trinajstić information content (AvgIpc) is 3.31. The molecular weight excluding hydrogens is 384 g/mol. The van der Waals surface area contributed by atoms with E-state index >= 15 is 0 Å². The summed E-state index contributed by atoms with van der Waals surface area (Å²) in [5, 5.41) is 21.3. The molecule has 2 aliphatic carbocycles. The molecule has 0 spiro atoms. The highest BCUT2D eigenvalue weighted by Gasteiger charge is 2.26. The maximum absolute atomic E-state index is 12.6. The van der Waals surface area contributed by atoms with E-state index in [4.69, 9.17) is 15.0 Å². The number of fused-ring (bicyclic) bond motifs is 1. The molecule has 2 aromatic rings. The largest absolute Gasteiger partial charge is 0.503 e. The number of rotatable bonds is 3. The fraction of sp³-hybridized carbons (Fsp3) is 0.421. The molecule has 27 heavy (non-hydrogen) atoms. The minimum absolute atomic E-state index is 0.0825. The quantitative estimate of drug-likeness (QED) is 0.640. The summed E-state index contributed by atoms with van der Waals surface area (Å²) in [4.78, 5) is 27.3. The number of amides is 1. The van der Waals surface area contributed by atoms with Crippen molar-refractivity contribution in [2.24, 2.45) is 0 Å². The van der Waals surface area contributed by atoms with Crippen LogP contribution in [0.1, 0.15) is 48.2 Å². The molecule has 6 nitrogen and oxygen atoms in total. The fourth-order valence-corrected chi connectivity index (χ4v) is 5.64. The van der Waals surface area contributed by atoms with Gasteiger partial charge in [0, 0.05) is 27.1 Å². The van der Waals surface area contributed by atoms with Gasteiger partial charge in [-0.05, 0) is 57.4 Å². The zero-order chi connectivity index (χ0) is 19.4. The molecule has 2 heterocycles.